The Morgan fingerprint density at radius 1 is 1.20 bits per heavy atom. The first-order chi connectivity index (χ1) is 11.8. The van der Waals surface area contributed by atoms with Crippen molar-refractivity contribution in [1.82, 2.24) is 0 Å². The second-order valence-electron chi connectivity index (χ2n) is 5.61. The number of carbonyl (C=O) groups is 1. The molecule has 6 nitrogen and oxygen atoms in total. The summed E-state index contributed by atoms with van der Waals surface area (Å²) in [7, 11) is 0. The standard InChI is InChI=1S/C17H15Cl2NO5/c1-10(2)9-24-17(21)13-8-12(4-5-15(13)20(22)23)25-16-6-3-11(18)7-14(16)19/h3-8,10H,9H2,1-2H3. The van der Waals surface area contributed by atoms with Gasteiger partial charge in [0, 0.05) is 17.2 Å². The molecular weight excluding hydrogens is 369 g/mol. The zero-order valence-corrected chi connectivity index (χ0v) is 15.0. The van der Waals surface area contributed by atoms with Gasteiger partial charge in [0.1, 0.15) is 17.1 Å². The van der Waals surface area contributed by atoms with Gasteiger partial charge in [0.05, 0.1) is 16.6 Å². The lowest BCUT2D eigenvalue weighted by atomic mass is 10.1. The van der Waals surface area contributed by atoms with Crippen LogP contribution in [0.1, 0.15) is 24.2 Å². The third kappa shape index (κ3) is 5.08. The maximum absolute atomic E-state index is 12.2. The Balaban J connectivity index is 2.32. The zero-order chi connectivity index (χ0) is 18.6. The smallest absolute Gasteiger partial charge is 0.345 e. The highest BCUT2D eigenvalue weighted by molar-refractivity contribution is 6.35. The van der Waals surface area contributed by atoms with Gasteiger partial charge in [0.15, 0.2) is 0 Å². The van der Waals surface area contributed by atoms with Crippen molar-refractivity contribution in [2.75, 3.05) is 6.61 Å². The molecule has 0 unspecified atom stereocenters. The number of esters is 1. The average Bonchev–Trinajstić information content (AvgIpc) is 2.55. The van der Waals surface area contributed by atoms with Crippen molar-refractivity contribution >= 4 is 34.9 Å². The number of nitro benzene ring substituents is 1. The third-order valence-corrected chi connectivity index (χ3v) is 3.58. The minimum Gasteiger partial charge on any atom is -0.462 e. The molecule has 8 heteroatoms. The highest BCUT2D eigenvalue weighted by atomic mass is 35.5. The molecule has 0 aliphatic heterocycles. The SMILES string of the molecule is CC(C)COC(=O)c1cc(Oc2ccc(Cl)cc2Cl)ccc1[N+](=O)[O-]. The normalized spacial score (nSPS) is 10.6. The van der Waals surface area contributed by atoms with Gasteiger partial charge in [0.2, 0.25) is 0 Å². The summed E-state index contributed by atoms with van der Waals surface area (Å²) in [6.45, 7) is 3.89. The van der Waals surface area contributed by atoms with Crippen LogP contribution in [0, 0.1) is 16.0 Å². The van der Waals surface area contributed by atoms with Crippen LogP contribution in [0.4, 0.5) is 5.69 Å². The monoisotopic (exact) mass is 383 g/mol. The van der Waals surface area contributed by atoms with Crippen LogP contribution >= 0.6 is 23.2 Å². The summed E-state index contributed by atoms with van der Waals surface area (Å²) in [5.74, 6) is -0.156. The van der Waals surface area contributed by atoms with E-state index in [-0.39, 0.29) is 34.5 Å². The fourth-order valence-electron chi connectivity index (χ4n) is 1.91. The van der Waals surface area contributed by atoms with E-state index in [1.165, 1.54) is 24.3 Å². The Morgan fingerprint density at radius 2 is 1.92 bits per heavy atom. The number of rotatable bonds is 6. The van der Waals surface area contributed by atoms with Crippen LogP contribution in [0.3, 0.4) is 0 Å². The van der Waals surface area contributed by atoms with Gasteiger partial charge in [-0.2, -0.15) is 0 Å². The van der Waals surface area contributed by atoms with Crippen LogP contribution in [0.25, 0.3) is 0 Å². The average molecular weight is 384 g/mol. The third-order valence-electron chi connectivity index (χ3n) is 3.05. The van der Waals surface area contributed by atoms with Gasteiger partial charge in [-0.05, 0) is 30.2 Å². The first kappa shape index (κ1) is 19.0. The van der Waals surface area contributed by atoms with Crippen LogP contribution in [-0.2, 0) is 4.74 Å². The molecule has 0 atom stereocenters. The van der Waals surface area contributed by atoms with E-state index in [9.17, 15) is 14.9 Å². The molecule has 132 valence electrons. The molecule has 0 aliphatic rings. The summed E-state index contributed by atoms with van der Waals surface area (Å²) in [6, 6.07) is 8.47. The Bertz CT molecular complexity index is 808. The molecule has 2 aromatic rings. The lowest BCUT2D eigenvalue weighted by molar-refractivity contribution is -0.385. The van der Waals surface area contributed by atoms with Gasteiger partial charge in [-0.1, -0.05) is 37.0 Å². The first-order valence-electron chi connectivity index (χ1n) is 7.36. The highest BCUT2D eigenvalue weighted by Crippen LogP contribution is 2.33. The molecule has 0 radical (unpaired) electrons. The number of benzene rings is 2. The molecule has 0 aliphatic carbocycles. The molecule has 0 fully saturated rings. The number of nitrogens with zero attached hydrogens (tertiary/aromatic N) is 1. The maximum atomic E-state index is 12.2. The van der Waals surface area contributed by atoms with Crippen molar-refractivity contribution in [3.8, 4) is 11.5 Å². The van der Waals surface area contributed by atoms with E-state index in [0.717, 1.165) is 0 Å². The van der Waals surface area contributed by atoms with Gasteiger partial charge in [-0.15, -0.1) is 0 Å². The molecule has 0 bridgehead atoms. The minimum atomic E-state index is -0.784. The van der Waals surface area contributed by atoms with Crippen LogP contribution in [0.15, 0.2) is 36.4 Å². The molecule has 0 N–H and O–H groups in total. The lowest BCUT2D eigenvalue weighted by Crippen LogP contribution is -2.12. The summed E-state index contributed by atoms with van der Waals surface area (Å²) >= 11 is 11.9. The molecule has 0 spiro atoms. The molecule has 25 heavy (non-hydrogen) atoms. The summed E-state index contributed by atoms with van der Waals surface area (Å²) in [5, 5.41) is 11.9. The quantitative estimate of drug-likeness (QED) is 0.373. The molecule has 2 aromatic carbocycles. The predicted molar refractivity (Wildman–Crippen MR) is 94.8 cm³/mol. The molecule has 0 amide bonds. The van der Waals surface area contributed by atoms with Crippen molar-refractivity contribution in [2.24, 2.45) is 5.92 Å². The van der Waals surface area contributed by atoms with Gasteiger partial charge >= 0.3 is 5.97 Å². The maximum Gasteiger partial charge on any atom is 0.345 e. The molecule has 0 saturated heterocycles. The van der Waals surface area contributed by atoms with E-state index in [4.69, 9.17) is 32.7 Å². The second-order valence-corrected chi connectivity index (χ2v) is 6.45. The second kappa shape index (κ2) is 8.18. The lowest BCUT2D eigenvalue weighted by Gasteiger charge is -2.11. The van der Waals surface area contributed by atoms with Gasteiger partial charge < -0.3 is 9.47 Å². The van der Waals surface area contributed by atoms with E-state index in [1.807, 2.05) is 13.8 Å². The summed E-state index contributed by atoms with van der Waals surface area (Å²) in [6.07, 6.45) is 0. The fraction of sp³-hybridized carbons (Fsp3) is 0.235. The number of ether oxygens (including phenoxy) is 2. The van der Waals surface area contributed by atoms with Gasteiger partial charge in [-0.25, -0.2) is 4.79 Å². The molecule has 2 rings (SSSR count). The van der Waals surface area contributed by atoms with Crippen molar-refractivity contribution in [3.05, 3.63) is 62.1 Å². The number of carbonyl (C=O) groups excluding carboxylic acids is 1. The first-order valence-corrected chi connectivity index (χ1v) is 8.12. The number of halogens is 2. The highest BCUT2D eigenvalue weighted by Gasteiger charge is 2.23. The predicted octanol–water partition coefficient (Wildman–Crippen LogP) is 5.51. The number of nitro groups is 1. The van der Waals surface area contributed by atoms with Crippen molar-refractivity contribution in [2.45, 2.75) is 13.8 Å². The van der Waals surface area contributed by atoms with Crippen LogP contribution < -0.4 is 4.74 Å². The summed E-state index contributed by atoms with van der Waals surface area (Å²) in [5.41, 5.74) is -0.545. The van der Waals surface area contributed by atoms with Crippen molar-refractivity contribution in [1.29, 1.82) is 0 Å². The van der Waals surface area contributed by atoms with E-state index >= 15 is 0 Å². The number of hydrogen-bond acceptors (Lipinski definition) is 5. The number of hydrogen-bond donors (Lipinski definition) is 0. The molecule has 0 aromatic heterocycles. The largest absolute Gasteiger partial charge is 0.462 e. The van der Waals surface area contributed by atoms with E-state index in [0.29, 0.717) is 10.8 Å². The molecule has 0 saturated carbocycles. The van der Waals surface area contributed by atoms with Gasteiger partial charge in [0.25, 0.3) is 5.69 Å². The van der Waals surface area contributed by atoms with E-state index in [1.54, 1.807) is 12.1 Å². The molecular formula is C17H15Cl2NO5. The summed E-state index contributed by atoms with van der Waals surface area (Å²) in [4.78, 5) is 22.7. The Hall–Kier alpha value is -2.31. The fourth-order valence-corrected chi connectivity index (χ4v) is 2.35. The minimum absolute atomic E-state index is 0.107. The zero-order valence-electron chi connectivity index (χ0n) is 13.5. The Labute approximate surface area is 154 Å². The van der Waals surface area contributed by atoms with E-state index < -0.39 is 10.9 Å². The Kier molecular flexibility index (Phi) is 6.22. The van der Waals surface area contributed by atoms with Crippen molar-refractivity contribution in [3.63, 3.8) is 0 Å². The van der Waals surface area contributed by atoms with Crippen LogP contribution in [-0.4, -0.2) is 17.5 Å². The summed E-state index contributed by atoms with van der Waals surface area (Å²) < 4.78 is 10.7. The molecule has 0 heterocycles. The van der Waals surface area contributed by atoms with Crippen molar-refractivity contribution < 1.29 is 19.2 Å². The Morgan fingerprint density at radius 3 is 2.52 bits per heavy atom. The van der Waals surface area contributed by atoms with Crippen LogP contribution in [0.2, 0.25) is 10.0 Å². The van der Waals surface area contributed by atoms with Gasteiger partial charge in [-0.3, -0.25) is 10.1 Å². The van der Waals surface area contributed by atoms with E-state index in [2.05, 4.69) is 0 Å². The topological polar surface area (TPSA) is 78.7 Å². The van der Waals surface area contributed by atoms with Crippen LogP contribution in [0.5, 0.6) is 11.5 Å².